The predicted molar refractivity (Wildman–Crippen MR) is 93.4 cm³/mol. The van der Waals surface area contributed by atoms with E-state index in [1.165, 1.54) is 12.8 Å². The fourth-order valence-corrected chi connectivity index (χ4v) is 3.63. The number of methoxy groups -OCH3 is 3. The van der Waals surface area contributed by atoms with Gasteiger partial charge in [0.05, 0.1) is 13.2 Å². The second kappa shape index (κ2) is 8.06. The molecule has 2 aliphatic rings. The summed E-state index contributed by atoms with van der Waals surface area (Å²) in [5.41, 5.74) is 0.585. The van der Waals surface area contributed by atoms with E-state index in [2.05, 4.69) is 0 Å². The zero-order valence-electron chi connectivity index (χ0n) is 15.2. The molecule has 0 N–H and O–H groups in total. The molecule has 1 saturated carbocycles. The van der Waals surface area contributed by atoms with E-state index in [4.69, 9.17) is 18.9 Å². The van der Waals surface area contributed by atoms with Crippen molar-refractivity contribution in [3.63, 3.8) is 0 Å². The molecule has 0 spiro atoms. The average molecular weight is 349 g/mol. The fourth-order valence-electron chi connectivity index (χ4n) is 3.63. The topological polar surface area (TPSA) is 57.2 Å². The fraction of sp³-hybridized carbons (Fsp3) is 0.632. The van der Waals surface area contributed by atoms with Crippen LogP contribution >= 0.6 is 0 Å². The van der Waals surface area contributed by atoms with Crippen molar-refractivity contribution in [2.45, 2.75) is 44.0 Å². The third-order valence-electron chi connectivity index (χ3n) is 5.11. The molecule has 1 saturated heterocycles. The largest absolute Gasteiger partial charge is 0.493 e. The van der Waals surface area contributed by atoms with Gasteiger partial charge in [0.25, 0.3) is 5.91 Å². The number of likely N-dealkylation sites (tertiary alicyclic amines) is 1. The molecular formula is C19H27NO5. The molecule has 6 nitrogen and oxygen atoms in total. The Morgan fingerprint density at radius 3 is 2.20 bits per heavy atom. The Hall–Kier alpha value is -1.79. The lowest BCUT2D eigenvalue weighted by Crippen LogP contribution is -2.30. The van der Waals surface area contributed by atoms with Crippen LogP contribution in [0, 0.1) is 0 Å². The predicted octanol–water partition coefficient (Wildman–Crippen LogP) is 2.50. The van der Waals surface area contributed by atoms with Gasteiger partial charge < -0.3 is 23.8 Å². The van der Waals surface area contributed by atoms with Crippen LogP contribution in [0.15, 0.2) is 18.2 Å². The van der Waals surface area contributed by atoms with Gasteiger partial charge >= 0.3 is 0 Å². The number of ether oxygens (including phenoxy) is 4. The maximum Gasteiger partial charge on any atom is 0.254 e. The van der Waals surface area contributed by atoms with Gasteiger partial charge in [0.1, 0.15) is 12.2 Å². The zero-order chi connectivity index (χ0) is 17.8. The van der Waals surface area contributed by atoms with E-state index < -0.39 is 0 Å². The van der Waals surface area contributed by atoms with Gasteiger partial charge in [-0.05, 0) is 43.9 Å². The van der Waals surface area contributed by atoms with Gasteiger partial charge in [-0.3, -0.25) is 4.79 Å². The summed E-state index contributed by atoms with van der Waals surface area (Å²) >= 11 is 0. The van der Waals surface area contributed by atoms with Crippen LogP contribution in [0.2, 0.25) is 0 Å². The molecule has 2 atom stereocenters. The Labute approximate surface area is 149 Å². The summed E-state index contributed by atoms with van der Waals surface area (Å²) in [6.45, 7) is 1.05. The molecule has 0 radical (unpaired) electrons. The van der Waals surface area contributed by atoms with Crippen LogP contribution in [0.4, 0.5) is 0 Å². The number of carbonyl (C=O) groups is 1. The number of amides is 1. The summed E-state index contributed by atoms with van der Waals surface area (Å²) in [7, 11) is 4.88. The quantitative estimate of drug-likeness (QED) is 0.790. The number of hydrogen-bond donors (Lipinski definition) is 0. The molecule has 1 aliphatic carbocycles. The standard InChI is InChI=1S/C19H27NO5/c1-22-16-10-13(8-9-15(16)25-14-6-4-5-7-14)19(21)20-11-17(23-2)18(12-20)24-3/h8-10,14,17-18H,4-7,11-12H2,1-3H3/t17-,18-/m0/s1. The molecule has 6 heteroatoms. The summed E-state index contributed by atoms with van der Waals surface area (Å²) in [6, 6.07) is 5.40. The maximum absolute atomic E-state index is 12.8. The van der Waals surface area contributed by atoms with Gasteiger partial charge in [-0.25, -0.2) is 0 Å². The van der Waals surface area contributed by atoms with Crippen LogP contribution in [-0.4, -0.2) is 63.5 Å². The van der Waals surface area contributed by atoms with E-state index in [0.29, 0.717) is 30.2 Å². The molecule has 1 heterocycles. The smallest absolute Gasteiger partial charge is 0.254 e. The summed E-state index contributed by atoms with van der Waals surface area (Å²) < 4.78 is 22.3. The summed E-state index contributed by atoms with van der Waals surface area (Å²) in [5.74, 6) is 1.26. The third kappa shape index (κ3) is 3.90. The normalized spacial score (nSPS) is 23.9. The highest BCUT2D eigenvalue weighted by atomic mass is 16.5. The molecular weight excluding hydrogens is 322 g/mol. The lowest BCUT2D eigenvalue weighted by atomic mass is 10.1. The first-order valence-electron chi connectivity index (χ1n) is 8.85. The molecule has 3 rings (SSSR count). The average Bonchev–Trinajstić information content (AvgIpc) is 3.30. The van der Waals surface area contributed by atoms with E-state index in [1.807, 2.05) is 6.07 Å². The first kappa shape index (κ1) is 18.0. The first-order valence-corrected chi connectivity index (χ1v) is 8.85. The van der Waals surface area contributed by atoms with Gasteiger partial charge in [0.2, 0.25) is 0 Å². The Morgan fingerprint density at radius 1 is 1.00 bits per heavy atom. The lowest BCUT2D eigenvalue weighted by Gasteiger charge is -2.19. The number of nitrogens with zero attached hydrogens (tertiary/aromatic N) is 1. The van der Waals surface area contributed by atoms with Crippen molar-refractivity contribution in [1.82, 2.24) is 4.90 Å². The minimum atomic E-state index is -0.0965. The van der Waals surface area contributed by atoms with Crippen molar-refractivity contribution >= 4 is 5.91 Å². The van der Waals surface area contributed by atoms with Crippen molar-refractivity contribution in [3.8, 4) is 11.5 Å². The van der Waals surface area contributed by atoms with E-state index in [0.717, 1.165) is 12.8 Å². The lowest BCUT2D eigenvalue weighted by molar-refractivity contribution is -0.00461. The van der Waals surface area contributed by atoms with Gasteiger partial charge in [0.15, 0.2) is 11.5 Å². The molecule has 1 aliphatic heterocycles. The molecule has 0 aromatic heterocycles. The number of benzene rings is 1. The van der Waals surface area contributed by atoms with E-state index in [1.54, 1.807) is 38.4 Å². The first-order chi connectivity index (χ1) is 12.2. The summed E-state index contributed by atoms with van der Waals surface area (Å²) in [5, 5.41) is 0. The van der Waals surface area contributed by atoms with E-state index >= 15 is 0 Å². The van der Waals surface area contributed by atoms with Crippen molar-refractivity contribution in [2.24, 2.45) is 0 Å². The Morgan fingerprint density at radius 2 is 1.64 bits per heavy atom. The van der Waals surface area contributed by atoms with Crippen LogP contribution in [0.5, 0.6) is 11.5 Å². The third-order valence-corrected chi connectivity index (χ3v) is 5.11. The van der Waals surface area contributed by atoms with Gasteiger partial charge in [-0.2, -0.15) is 0 Å². The monoisotopic (exact) mass is 349 g/mol. The number of rotatable bonds is 6. The number of hydrogen-bond acceptors (Lipinski definition) is 5. The molecule has 1 aromatic carbocycles. The zero-order valence-corrected chi connectivity index (χ0v) is 15.2. The van der Waals surface area contributed by atoms with Crippen molar-refractivity contribution in [2.75, 3.05) is 34.4 Å². The van der Waals surface area contributed by atoms with Gasteiger partial charge in [-0.1, -0.05) is 0 Å². The maximum atomic E-state index is 12.8. The Kier molecular flexibility index (Phi) is 5.81. The summed E-state index contributed by atoms with van der Waals surface area (Å²) in [4.78, 5) is 14.6. The second-order valence-corrected chi connectivity index (χ2v) is 6.65. The van der Waals surface area contributed by atoms with Crippen LogP contribution in [0.25, 0.3) is 0 Å². The minimum absolute atomic E-state index is 0.0488. The van der Waals surface area contributed by atoms with Gasteiger partial charge in [0, 0.05) is 32.9 Å². The van der Waals surface area contributed by atoms with E-state index in [9.17, 15) is 4.79 Å². The Balaban J connectivity index is 1.72. The van der Waals surface area contributed by atoms with E-state index in [-0.39, 0.29) is 24.2 Å². The highest BCUT2D eigenvalue weighted by Crippen LogP contribution is 2.33. The highest BCUT2D eigenvalue weighted by molar-refractivity contribution is 5.95. The number of carbonyl (C=O) groups excluding carboxylic acids is 1. The molecule has 0 bridgehead atoms. The van der Waals surface area contributed by atoms with Crippen LogP contribution in [0.1, 0.15) is 36.0 Å². The molecule has 138 valence electrons. The van der Waals surface area contributed by atoms with Crippen molar-refractivity contribution < 1.29 is 23.7 Å². The highest BCUT2D eigenvalue weighted by Gasteiger charge is 2.36. The van der Waals surface area contributed by atoms with Crippen LogP contribution in [0.3, 0.4) is 0 Å². The molecule has 25 heavy (non-hydrogen) atoms. The minimum Gasteiger partial charge on any atom is -0.493 e. The molecule has 1 aromatic rings. The Bertz CT molecular complexity index is 587. The molecule has 1 amide bonds. The molecule has 2 fully saturated rings. The SMILES string of the molecule is COc1cc(C(=O)N2C[C@H](OC)[C@@H](OC)C2)ccc1OC1CCCC1. The van der Waals surface area contributed by atoms with Crippen molar-refractivity contribution in [1.29, 1.82) is 0 Å². The second-order valence-electron chi connectivity index (χ2n) is 6.65. The van der Waals surface area contributed by atoms with Crippen LogP contribution < -0.4 is 9.47 Å². The van der Waals surface area contributed by atoms with Crippen molar-refractivity contribution in [3.05, 3.63) is 23.8 Å². The van der Waals surface area contributed by atoms with Gasteiger partial charge in [-0.15, -0.1) is 0 Å². The van der Waals surface area contributed by atoms with Crippen LogP contribution in [-0.2, 0) is 9.47 Å². The molecule has 0 unspecified atom stereocenters. The summed E-state index contributed by atoms with van der Waals surface area (Å²) in [6.07, 6.45) is 4.63.